The molecule has 0 spiro atoms. The van der Waals surface area contributed by atoms with Gasteiger partial charge in [0.1, 0.15) is 5.75 Å². The van der Waals surface area contributed by atoms with Gasteiger partial charge in [0.05, 0.1) is 0 Å². The van der Waals surface area contributed by atoms with Crippen molar-refractivity contribution in [1.82, 2.24) is 4.90 Å². The molecule has 0 radical (unpaired) electrons. The highest BCUT2D eigenvalue weighted by Crippen LogP contribution is 2.29. The van der Waals surface area contributed by atoms with Crippen molar-refractivity contribution in [1.29, 1.82) is 0 Å². The molecule has 1 N–H and O–H groups in total. The molecule has 0 aromatic heterocycles. The minimum Gasteiger partial charge on any atom is -0.508 e. The van der Waals surface area contributed by atoms with E-state index in [4.69, 9.17) is 0 Å². The van der Waals surface area contributed by atoms with Gasteiger partial charge < -0.3 is 5.11 Å². The molecule has 0 aliphatic carbocycles. The molecule has 2 atom stereocenters. The van der Waals surface area contributed by atoms with Gasteiger partial charge in [-0.3, -0.25) is 4.90 Å². The summed E-state index contributed by atoms with van der Waals surface area (Å²) in [5, 5.41) is 9.87. The highest BCUT2D eigenvalue weighted by molar-refractivity contribution is 5.32. The van der Waals surface area contributed by atoms with Crippen LogP contribution in [0, 0.1) is 5.92 Å². The van der Waals surface area contributed by atoms with Crippen LogP contribution in [0.1, 0.15) is 29.5 Å². The Morgan fingerprint density at radius 3 is 1.93 bits per heavy atom. The van der Waals surface area contributed by atoms with E-state index in [1.54, 1.807) is 6.07 Å². The van der Waals surface area contributed by atoms with E-state index in [0.29, 0.717) is 11.7 Å². The molecule has 0 aliphatic heterocycles. The zero-order valence-corrected chi connectivity index (χ0v) is 16.5. The second-order valence-electron chi connectivity index (χ2n) is 7.47. The SMILES string of the molecule is C=CC(c1cccc(O)c1)C(C)CN(Cc1ccccc1)Cc1ccccc1. The molecule has 28 heavy (non-hydrogen) atoms. The molecule has 0 aliphatic rings. The van der Waals surface area contributed by atoms with Gasteiger partial charge >= 0.3 is 0 Å². The van der Waals surface area contributed by atoms with Crippen LogP contribution >= 0.6 is 0 Å². The van der Waals surface area contributed by atoms with Crippen molar-refractivity contribution in [3.63, 3.8) is 0 Å². The first-order chi connectivity index (χ1) is 13.7. The van der Waals surface area contributed by atoms with E-state index >= 15 is 0 Å². The number of phenols is 1. The average molecular weight is 372 g/mol. The number of hydrogen-bond donors (Lipinski definition) is 1. The van der Waals surface area contributed by atoms with E-state index in [1.807, 2.05) is 18.2 Å². The quantitative estimate of drug-likeness (QED) is 0.466. The second-order valence-corrected chi connectivity index (χ2v) is 7.47. The fraction of sp³-hybridized carbons (Fsp3) is 0.231. The summed E-state index contributed by atoms with van der Waals surface area (Å²) in [5.74, 6) is 0.870. The third-order valence-electron chi connectivity index (χ3n) is 5.17. The van der Waals surface area contributed by atoms with E-state index in [9.17, 15) is 5.11 Å². The Labute approximate surface area is 168 Å². The highest BCUT2D eigenvalue weighted by atomic mass is 16.3. The van der Waals surface area contributed by atoms with Crippen LogP contribution in [0.5, 0.6) is 5.75 Å². The van der Waals surface area contributed by atoms with Crippen molar-refractivity contribution in [2.75, 3.05) is 6.54 Å². The van der Waals surface area contributed by atoms with Crippen molar-refractivity contribution >= 4 is 0 Å². The highest BCUT2D eigenvalue weighted by Gasteiger charge is 2.20. The second kappa shape index (κ2) is 9.91. The first-order valence-corrected chi connectivity index (χ1v) is 9.87. The standard InChI is InChI=1S/C26H29NO/c1-3-26(24-15-10-16-25(28)17-24)21(2)18-27(19-22-11-6-4-7-12-22)20-23-13-8-5-9-14-23/h3-17,21,26,28H,1,18-20H2,2H3. The van der Waals surface area contributed by atoms with E-state index in [2.05, 4.69) is 85.1 Å². The van der Waals surface area contributed by atoms with E-state index in [0.717, 1.165) is 25.2 Å². The molecule has 3 aromatic rings. The number of aromatic hydroxyl groups is 1. The number of benzene rings is 3. The predicted octanol–water partition coefficient (Wildman–Crippen LogP) is 6.00. The van der Waals surface area contributed by atoms with Crippen LogP contribution in [0.15, 0.2) is 97.6 Å². The lowest BCUT2D eigenvalue weighted by Gasteiger charge is -2.29. The number of nitrogens with zero attached hydrogens (tertiary/aromatic N) is 1. The van der Waals surface area contributed by atoms with Crippen LogP contribution in [0.25, 0.3) is 0 Å². The molecule has 0 fully saturated rings. The fourth-order valence-electron chi connectivity index (χ4n) is 3.82. The minimum absolute atomic E-state index is 0.196. The predicted molar refractivity (Wildman–Crippen MR) is 117 cm³/mol. The van der Waals surface area contributed by atoms with Crippen LogP contribution in [0.3, 0.4) is 0 Å². The lowest BCUT2D eigenvalue weighted by molar-refractivity contribution is 0.213. The smallest absolute Gasteiger partial charge is 0.115 e. The maximum atomic E-state index is 9.87. The molecular weight excluding hydrogens is 342 g/mol. The topological polar surface area (TPSA) is 23.5 Å². The summed E-state index contributed by atoms with van der Waals surface area (Å²) in [6.07, 6.45) is 2.00. The molecule has 0 bridgehead atoms. The summed E-state index contributed by atoms with van der Waals surface area (Å²) in [5.41, 5.74) is 3.75. The van der Waals surface area contributed by atoms with Crippen molar-refractivity contribution < 1.29 is 5.11 Å². The molecule has 0 heterocycles. The van der Waals surface area contributed by atoms with Gasteiger partial charge in [-0.2, -0.15) is 0 Å². The molecule has 2 unspecified atom stereocenters. The number of rotatable bonds is 9. The summed E-state index contributed by atoms with van der Waals surface area (Å²) in [4.78, 5) is 2.49. The maximum absolute atomic E-state index is 9.87. The lowest BCUT2D eigenvalue weighted by atomic mass is 9.86. The van der Waals surface area contributed by atoms with Crippen LogP contribution in [0.4, 0.5) is 0 Å². The zero-order chi connectivity index (χ0) is 19.8. The molecule has 0 saturated carbocycles. The molecule has 2 nitrogen and oxygen atoms in total. The van der Waals surface area contributed by atoms with E-state index < -0.39 is 0 Å². The molecule has 3 rings (SSSR count). The van der Waals surface area contributed by atoms with E-state index in [1.165, 1.54) is 11.1 Å². The Kier molecular flexibility index (Phi) is 7.05. The first kappa shape index (κ1) is 19.9. The molecule has 144 valence electrons. The van der Waals surface area contributed by atoms with Crippen LogP contribution in [0.2, 0.25) is 0 Å². The Hall–Kier alpha value is -2.84. The maximum Gasteiger partial charge on any atom is 0.115 e. The number of phenolic OH excluding ortho intramolecular Hbond substituents is 1. The fourth-order valence-corrected chi connectivity index (χ4v) is 3.82. The Bertz CT molecular complexity index is 818. The summed E-state index contributed by atoms with van der Waals surface area (Å²) >= 11 is 0. The minimum atomic E-state index is 0.196. The normalized spacial score (nSPS) is 13.2. The van der Waals surface area contributed by atoms with Crippen LogP contribution in [-0.4, -0.2) is 16.6 Å². The van der Waals surface area contributed by atoms with Gasteiger partial charge in [-0.25, -0.2) is 0 Å². The Morgan fingerprint density at radius 2 is 1.43 bits per heavy atom. The van der Waals surface area contributed by atoms with Crippen molar-refractivity contribution in [3.8, 4) is 5.75 Å². The van der Waals surface area contributed by atoms with Crippen molar-refractivity contribution in [3.05, 3.63) is 114 Å². The van der Waals surface area contributed by atoms with Gasteiger partial charge in [-0.15, -0.1) is 6.58 Å². The van der Waals surface area contributed by atoms with E-state index in [-0.39, 0.29) is 5.92 Å². The average Bonchev–Trinajstić information content (AvgIpc) is 2.70. The van der Waals surface area contributed by atoms with Gasteiger partial charge in [0.2, 0.25) is 0 Å². The van der Waals surface area contributed by atoms with Crippen molar-refractivity contribution in [2.24, 2.45) is 5.92 Å². The van der Waals surface area contributed by atoms with Crippen LogP contribution < -0.4 is 0 Å². The number of allylic oxidation sites excluding steroid dienone is 1. The summed E-state index contributed by atoms with van der Waals surface area (Å²) in [6.45, 7) is 9.08. The van der Waals surface area contributed by atoms with Gasteiger partial charge in [-0.05, 0) is 34.7 Å². The van der Waals surface area contributed by atoms with Gasteiger partial charge in [0.15, 0.2) is 0 Å². The van der Waals surface area contributed by atoms with Crippen LogP contribution in [-0.2, 0) is 13.1 Å². The Morgan fingerprint density at radius 1 is 0.857 bits per heavy atom. The van der Waals surface area contributed by atoms with Gasteiger partial charge in [-0.1, -0.05) is 85.8 Å². The summed E-state index contributed by atoms with van der Waals surface area (Å²) in [7, 11) is 0. The molecule has 2 heteroatoms. The lowest BCUT2D eigenvalue weighted by Crippen LogP contribution is -2.30. The summed E-state index contributed by atoms with van der Waals surface area (Å²) in [6, 6.07) is 28.8. The molecule has 0 saturated heterocycles. The zero-order valence-electron chi connectivity index (χ0n) is 16.5. The molecule has 3 aromatic carbocycles. The first-order valence-electron chi connectivity index (χ1n) is 9.87. The third kappa shape index (κ3) is 5.58. The third-order valence-corrected chi connectivity index (χ3v) is 5.17. The molecule has 0 amide bonds. The monoisotopic (exact) mass is 371 g/mol. The Balaban J connectivity index is 1.77. The van der Waals surface area contributed by atoms with Gasteiger partial charge in [0, 0.05) is 25.6 Å². The largest absolute Gasteiger partial charge is 0.508 e. The van der Waals surface area contributed by atoms with Gasteiger partial charge in [0.25, 0.3) is 0 Å². The summed E-state index contributed by atoms with van der Waals surface area (Å²) < 4.78 is 0. The number of hydrogen-bond acceptors (Lipinski definition) is 2. The molecular formula is C26H29NO. The van der Waals surface area contributed by atoms with Crippen molar-refractivity contribution in [2.45, 2.75) is 25.9 Å².